The number of nitrogens with two attached hydrogens (primary N) is 1. The maximum atomic E-state index is 12.4. The number of piperazine rings is 1. The predicted molar refractivity (Wildman–Crippen MR) is 102 cm³/mol. The van der Waals surface area contributed by atoms with Crippen molar-refractivity contribution in [1.82, 2.24) is 15.2 Å². The van der Waals surface area contributed by atoms with Gasteiger partial charge in [-0.2, -0.15) is 0 Å². The van der Waals surface area contributed by atoms with Crippen molar-refractivity contribution in [3.8, 4) is 0 Å². The summed E-state index contributed by atoms with van der Waals surface area (Å²) in [6.45, 7) is 8.19. The number of nitrogens with one attached hydrogen (secondary N) is 1. The molecule has 0 aliphatic carbocycles. The third kappa shape index (κ3) is 5.16. The van der Waals surface area contributed by atoms with Crippen LogP contribution in [0.4, 0.5) is 5.82 Å². The van der Waals surface area contributed by atoms with Crippen LogP contribution in [0.2, 0.25) is 0 Å². The van der Waals surface area contributed by atoms with E-state index < -0.39 is 6.04 Å². The number of anilines is 1. The Balaban J connectivity index is 1.39. The van der Waals surface area contributed by atoms with Gasteiger partial charge in [0.05, 0.1) is 6.04 Å². The molecule has 2 fully saturated rings. The minimum atomic E-state index is -0.428. The lowest BCUT2D eigenvalue weighted by molar-refractivity contribution is -0.125. The number of rotatable bonds is 6. The van der Waals surface area contributed by atoms with Gasteiger partial charge in [0.15, 0.2) is 0 Å². The monoisotopic (exact) mass is 361 g/mol. The summed E-state index contributed by atoms with van der Waals surface area (Å²) in [6, 6.07) is 5.68. The van der Waals surface area contributed by atoms with Gasteiger partial charge >= 0.3 is 0 Å². The molecule has 144 valence electrons. The van der Waals surface area contributed by atoms with Crippen molar-refractivity contribution in [2.45, 2.75) is 31.8 Å². The second-order valence-electron chi connectivity index (χ2n) is 7.36. The molecule has 3 heterocycles. The van der Waals surface area contributed by atoms with E-state index in [2.05, 4.69) is 33.1 Å². The van der Waals surface area contributed by atoms with E-state index in [4.69, 9.17) is 10.5 Å². The van der Waals surface area contributed by atoms with Gasteiger partial charge in [-0.25, -0.2) is 4.98 Å². The van der Waals surface area contributed by atoms with E-state index in [-0.39, 0.29) is 17.9 Å². The summed E-state index contributed by atoms with van der Waals surface area (Å²) in [7, 11) is 0. The molecular formula is C19H31N5O2. The number of nitrogens with zero attached hydrogens (tertiary/aromatic N) is 3. The molecule has 0 spiro atoms. The first kappa shape index (κ1) is 19.1. The molecule has 0 aromatic carbocycles. The van der Waals surface area contributed by atoms with Gasteiger partial charge in [-0.1, -0.05) is 6.07 Å². The molecule has 0 bridgehead atoms. The first-order chi connectivity index (χ1) is 12.6. The highest BCUT2D eigenvalue weighted by atomic mass is 16.5. The van der Waals surface area contributed by atoms with Crippen molar-refractivity contribution in [3.63, 3.8) is 0 Å². The minimum absolute atomic E-state index is 0.0310. The van der Waals surface area contributed by atoms with Gasteiger partial charge < -0.3 is 20.7 Å². The van der Waals surface area contributed by atoms with Gasteiger partial charge in [0.1, 0.15) is 5.82 Å². The Bertz CT molecular complexity index is 556. The van der Waals surface area contributed by atoms with Crippen molar-refractivity contribution in [2.24, 2.45) is 11.7 Å². The lowest BCUT2D eigenvalue weighted by Crippen LogP contribution is -2.54. The SMILES string of the molecule is CC(CN1CCN(c2ccccn2)CC1)NC(=O)C(N)C1CCOCC1. The summed E-state index contributed by atoms with van der Waals surface area (Å²) >= 11 is 0. The minimum Gasteiger partial charge on any atom is -0.381 e. The van der Waals surface area contributed by atoms with Crippen molar-refractivity contribution >= 4 is 11.7 Å². The van der Waals surface area contributed by atoms with Gasteiger partial charge in [0.2, 0.25) is 5.91 Å². The normalized spacial score (nSPS) is 22.0. The number of hydrogen-bond acceptors (Lipinski definition) is 6. The fourth-order valence-electron chi connectivity index (χ4n) is 3.76. The zero-order chi connectivity index (χ0) is 18.4. The van der Waals surface area contributed by atoms with Gasteiger partial charge in [0.25, 0.3) is 0 Å². The van der Waals surface area contributed by atoms with Gasteiger partial charge in [0, 0.05) is 58.2 Å². The average molecular weight is 361 g/mol. The fraction of sp³-hybridized carbons (Fsp3) is 0.684. The second-order valence-corrected chi connectivity index (χ2v) is 7.36. The van der Waals surface area contributed by atoms with Crippen molar-refractivity contribution in [2.75, 3.05) is 50.8 Å². The standard InChI is InChI=1S/C19H31N5O2/c1-15(22-19(25)18(20)16-5-12-26-13-6-16)14-23-8-10-24(11-9-23)17-4-2-3-7-21-17/h2-4,7,15-16,18H,5-6,8-14,20H2,1H3,(H,22,25). The molecule has 2 aliphatic heterocycles. The summed E-state index contributed by atoms with van der Waals surface area (Å²) in [5.74, 6) is 1.24. The Hall–Kier alpha value is -1.70. The molecule has 2 atom stereocenters. The Morgan fingerprint density at radius 3 is 2.69 bits per heavy atom. The van der Waals surface area contributed by atoms with Crippen LogP contribution in [0.5, 0.6) is 0 Å². The third-order valence-electron chi connectivity index (χ3n) is 5.34. The summed E-state index contributed by atoms with van der Waals surface area (Å²) in [4.78, 5) is 21.5. The molecule has 7 nitrogen and oxygen atoms in total. The van der Waals surface area contributed by atoms with Crippen LogP contribution in [0.25, 0.3) is 0 Å². The molecule has 3 rings (SSSR count). The second kappa shape index (κ2) is 9.30. The molecular weight excluding hydrogens is 330 g/mol. The lowest BCUT2D eigenvalue weighted by atomic mass is 9.91. The van der Waals surface area contributed by atoms with Crippen LogP contribution in [0.1, 0.15) is 19.8 Å². The van der Waals surface area contributed by atoms with Gasteiger partial charge in [-0.3, -0.25) is 9.69 Å². The summed E-state index contributed by atoms with van der Waals surface area (Å²) < 4.78 is 5.35. The third-order valence-corrected chi connectivity index (χ3v) is 5.34. The highest BCUT2D eigenvalue weighted by molar-refractivity contribution is 5.82. The maximum Gasteiger partial charge on any atom is 0.237 e. The molecule has 1 amide bonds. The van der Waals surface area contributed by atoms with E-state index in [1.165, 1.54) is 0 Å². The number of ether oxygens (including phenoxy) is 1. The first-order valence-electron chi connectivity index (χ1n) is 9.65. The van der Waals surface area contributed by atoms with Gasteiger partial charge in [-0.15, -0.1) is 0 Å². The molecule has 2 saturated heterocycles. The largest absolute Gasteiger partial charge is 0.381 e. The molecule has 2 aliphatic rings. The van der Waals surface area contributed by atoms with E-state index in [0.717, 1.165) is 51.4 Å². The summed E-state index contributed by atoms with van der Waals surface area (Å²) in [5.41, 5.74) is 6.16. The summed E-state index contributed by atoms with van der Waals surface area (Å²) in [6.07, 6.45) is 3.58. The highest BCUT2D eigenvalue weighted by Crippen LogP contribution is 2.18. The number of amides is 1. The van der Waals surface area contributed by atoms with Crippen LogP contribution in [0.3, 0.4) is 0 Å². The quantitative estimate of drug-likeness (QED) is 0.766. The fourth-order valence-corrected chi connectivity index (χ4v) is 3.76. The number of pyridine rings is 1. The van der Waals surface area contributed by atoms with Crippen molar-refractivity contribution < 1.29 is 9.53 Å². The van der Waals surface area contributed by atoms with E-state index >= 15 is 0 Å². The highest BCUT2D eigenvalue weighted by Gasteiger charge is 2.28. The van der Waals surface area contributed by atoms with E-state index in [1.54, 1.807) is 0 Å². The van der Waals surface area contributed by atoms with E-state index in [0.29, 0.717) is 13.2 Å². The van der Waals surface area contributed by atoms with Crippen LogP contribution in [-0.2, 0) is 9.53 Å². The van der Waals surface area contributed by atoms with E-state index in [1.807, 2.05) is 18.3 Å². The van der Waals surface area contributed by atoms with Crippen LogP contribution < -0.4 is 16.0 Å². The molecule has 0 saturated carbocycles. The Morgan fingerprint density at radius 2 is 2.04 bits per heavy atom. The number of hydrogen-bond donors (Lipinski definition) is 2. The zero-order valence-corrected chi connectivity index (χ0v) is 15.6. The Morgan fingerprint density at radius 1 is 1.31 bits per heavy atom. The zero-order valence-electron chi connectivity index (χ0n) is 15.6. The summed E-state index contributed by atoms with van der Waals surface area (Å²) in [5, 5.41) is 3.09. The number of carbonyl (C=O) groups excluding carboxylic acids is 1. The molecule has 1 aromatic heterocycles. The first-order valence-corrected chi connectivity index (χ1v) is 9.65. The van der Waals surface area contributed by atoms with Crippen LogP contribution in [-0.4, -0.2) is 73.8 Å². The smallest absolute Gasteiger partial charge is 0.237 e. The number of aromatic nitrogens is 1. The van der Waals surface area contributed by atoms with Crippen LogP contribution in [0.15, 0.2) is 24.4 Å². The molecule has 1 aromatic rings. The van der Waals surface area contributed by atoms with Gasteiger partial charge in [-0.05, 0) is 37.8 Å². The number of carbonyl (C=O) groups is 1. The maximum absolute atomic E-state index is 12.4. The predicted octanol–water partition coefficient (Wildman–Crippen LogP) is 0.462. The van der Waals surface area contributed by atoms with Crippen LogP contribution in [0, 0.1) is 5.92 Å². The Labute approximate surface area is 155 Å². The Kier molecular flexibility index (Phi) is 6.82. The molecule has 3 N–H and O–H groups in total. The molecule has 26 heavy (non-hydrogen) atoms. The van der Waals surface area contributed by atoms with Crippen molar-refractivity contribution in [1.29, 1.82) is 0 Å². The van der Waals surface area contributed by atoms with E-state index in [9.17, 15) is 4.79 Å². The lowest BCUT2D eigenvalue weighted by Gasteiger charge is -2.36. The molecule has 7 heteroatoms. The molecule has 0 radical (unpaired) electrons. The molecule has 2 unspecified atom stereocenters. The average Bonchev–Trinajstić information content (AvgIpc) is 2.69. The van der Waals surface area contributed by atoms with Crippen molar-refractivity contribution in [3.05, 3.63) is 24.4 Å². The topological polar surface area (TPSA) is 83.7 Å². The van der Waals surface area contributed by atoms with Crippen LogP contribution >= 0.6 is 0 Å².